The number of amides is 1. The zero-order chi connectivity index (χ0) is 17.3. The van der Waals surface area contributed by atoms with Gasteiger partial charge in [0.05, 0.1) is 5.69 Å². The van der Waals surface area contributed by atoms with E-state index in [1.165, 1.54) is 12.1 Å². The molecule has 0 spiro atoms. The molecule has 1 atom stereocenters. The molecule has 1 unspecified atom stereocenters. The van der Waals surface area contributed by atoms with Gasteiger partial charge in [0.2, 0.25) is 5.76 Å². The average Bonchev–Trinajstić information content (AvgIpc) is 3.12. The van der Waals surface area contributed by atoms with E-state index in [-0.39, 0.29) is 11.8 Å². The Morgan fingerprint density at radius 2 is 2.04 bits per heavy atom. The normalized spacial score (nSPS) is 17.5. The zero-order valence-corrected chi connectivity index (χ0v) is 13.8. The summed E-state index contributed by atoms with van der Waals surface area (Å²) in [7, 11) is 0. The smallest absolute Gasteiger partial charge is 0.291 e. The number of hydrogen-bond acceptors (Lipinski definition) is 3. The molecule has 2 aromatic rings. The maximum absolute atomic E-state index is 13.3. The van der Waals surface area contributed by atoms with Gasteiger partial charge < -0.3 is 9.32 Å². The molecule has 0 aliphatic carbocycles. The average molecular weight is 334 g/mol. The number of oxazole rings is 1. The Labute approximate surface area is 139 Å². The molecule has 1 aromatic heterocycles. The molecule has 24 heavy (non-hydrogen) atoms. The van der Waals surface area contributed by atoms with Crippen LogP contribution in [0, 0.1) is 24.5 Å². The van der Waals surface area contributed by atoms with E-state index in [0.29, 0.717) is 48.8 Å². The third kappa shape index (κ3) is 3.47. The van der Waals surface area contributed by atoms with Crippen LogP contribution in [0.1, 0.15) is 41.0 Å². The van der Waals surface area contributed by atoms with Gasteiger partial charge in [-0.25, -0.2) is 13.8 Å². The summed E-state index contributed by atoms with van der Waals surface area (Å²) in [6, 6.07) is 3.56. The van der Waals surface area contributed by atoms with Gasteiger partial charge in [0.25, 0.3) is 5.91 Å². The van der Waals surface area contributed by atoms with Gasteiger partial charge in [0, 0.05) is 25.6 Å². The van der Waals surface area contributed by atoms with Crippen LogP contribution in [-0.2, 0) is 12.8 Å². The summed E-state index contributed by atoms with van der Waals surface area (Å²) in [4.78, 5) is 18.5. The molecule has 1 saturated heterocycles. The van der Waals surface area contributed by atoms with Gasteiger partial charge in [0.15, 0.2) is 5.89 Å². The standard InChI is InChI=1S/C18H20F2N2O2/c1-3-16-21-11(2)17(24-16)18(23)22-5-4-12(10-22)6-13-7-14(19)9-15(20)8-13/h7-9,12H,3-6,10H2,1-2H3. The molecular weight excluding hydrogens is 314 g/mol. The first-order valence-corrected chi connectivity index (χ1v) is 8.16. The van der Waals surface area contributed by atoms with Crippen molar-refractivity contribution in [1.29, 1.82) is 0 Å². The number of hydrogen-bond donors (Lipinski definition) is 0. The Bertz CT molecular complexity index is 737. The summed E-state index contributed by atoms with van der Waals surface area (Å²) in [5.41, 5.74) is 1.23. The summed E-state index contributed by atoms with van der Waals surface area (Å²) >= 11 is 0. The van der Waals surface area contributed by atoms with Gasteiger partial charge >= 0.3 is 0 Å². The van der Waals surface area contributed by atoms with Gasteiger partial charge in [-0.15, -0.1) is 0 Å². The fourth-order valence-electron chi connectivity index (χ4n) is 3.19. The molecular formula is C18H20F2N2O2. The van der Waals surface area contributed by atoms with Crippen molar-refractivity contribution in [3.8, 4) is 0 Å². The number of rotatable bonds is 4. The Morgan fingerprint density at radius 3 is 2.67 bits per heavy atom. The first-order valence-electron chi connectivity index (χ1n) is 8.16. The number of halogens is 2. The monoisotopic (exact) mass is 334 g/mol. The van der Waals surface area contributed by atoms with Crippen LogP contribution in [0.2, 0.25) is 0 Å². The number of nitrogens with zero attached hydrogens (tertiary/aromatic N) is 2. The van der Waals surface area contributed by atoms with E-state index in [0.717, 1.165) is 12.5 Å². The highest BCUT2D eigenvalue weighted by Gasteiger charge is 2.30. The Morgan fingerprint density at radius 1 is 1.33 bits per heavy atom. The lowest BCUT2D eigenvalue weighted by atomic mass is 9.98. The van der Waals surface area contributed by atoms with Crippen molar-refractivity contribution < 1.29 is 18.0 Å². The van der Waals surface area contributed by atoms with E-state index in [4.69, 9.17) is 4.42 Å². The summed E-state index contributed by atoms with van der Waals surface area (Å²) < 4.78 is 32.1. The summed E-state index contributed by atoms with van der Waals surface area (Å²) in [5.74, 6) is -0.261. The molecule has 1 aromatic carbocycles. The highest BCUT2D eigenvalue weighted by atomic mass is 19.1. The number of carbonyl (C=O) groups excluding carboxylic acids is 1. The number of likely N-dealkylation sites (tertiary alicyclic amines) is 1. The van der Waals surface area contributed by atoms with E-state index >= 15 is 0 Å². The van der Waals surface area contributed by atoms with Crippen molar-refractivity contribution in [3.05, 3.63) is 52.7 Å². The zero-order valence-electron chi connectivity index (χ0n) is 13.8. The van der Waals surface area contributed by atoms with E-state index in [1.54, 1.807) is 11.8 Å². The second kappa shape index (κ2) is 6.71. The number of aromatic nitrogens is 1. The minimum atomic E-state index is -0.569. The van der Waals surface area contributed by atoms with Crippen molar-refractivity contribution in [3.63, 3.8) is 0 Å². The number of benzene rings is 1. The molecule has 6 heteroatoms. The third-order valence-corrected chi connectivity index (χ3v) is 4.36. The molecule has 4 nitrogen and oxygen atoms in total. The van der Waals surface area contributed by atoms with Gasteiger partial charge in [-0.2, -0.15) is 0 Å². The predicted octanol–water partition coefficient (Wildman–Crippen LogP) is 3.53. The van der Waals surface area contributed by atoms with Crippen LogP contribution in [0.15, 0.2) is 22.6 Å². The van der Waals surface area contributed by atoms with Crippen LogP contribution in [0.25, 0.3) is 0 Å². The van der Waals surface area contributed by atoms with Gasteiger partial charge in [0.1, 0.15) is 11.6 Å². The van der Waals surface area contributed by atoms with Gasteiger partial charge in [-0.05, 0) is 43.4 Å². The SMILES string of the molecule is CCc1nc(C)c(C(=O)N2CCC(Cc3cc(F)cc(F)c3)C2)o1. The summed E-state index contributed by atoms with van der Waals surface area (Å²) in [5, 5.41) is 0. The molecule has 128 valence electrons. The largest absolute Gasteiger partial charge is 0.435 e. The predicted molar refractivity (Wildman–Crippen MR) is 84.7 cm³/mol. The van der Waals surface area contributed by atoms with Crippen molar-refractivity contribution in [2.24, 2.45) is 5.92 Å². The lowest BCUT2D eigenvalue weighted by molar-refractivity contribution is 0.0752. The van der Waals surface area contributed by atoms with Crippen molar-refractivity contribution >= 4 is 5.91 Å². The molecule has 3 rings (SSSR count). The van der Waals surface area contributed by atoms with Gasteiger partial charge in [-0.3, -0.25) is 4.79 Å². The molecule has 0 bridgehead atoms. The van der Waals surface area contributed by atoms with Crippen LogP contribution in [-0.4, -0.2) is 28.9 Å². The maximum atomic E-state index is 13.3. The lowest BCUT2D eigenvalue weighted by Gasteiger charge is -2.15. The van der Waals surface area contributed by atoms with Crippen molar-refractivity contribution in [1.82, 2.24) is 9.88 Å². The first-order chi connectivity index (χ1) is 11.5. The van der Waals surface area contributed by atoms with Crippen LogP contribution < -0.4 is 0 Å². The number of aryl methyl sites for hydroxylation is 2. The molecule has 0 saturated carbocycles. The van der Waals surface area contributed by atoms with Crippen LogP contribution in [0.3, 0.4) is 0 Å². The van der Waals surface area contributed by atoms with Crippen LogP contribution in [0.5, 0.6) is 0 Å². The fraction of sp³-hybridized carbons (Fsp3) is 0.444. The summed E-state index contributed by atoms with van der Waals surface area (Å²) in [6.45, 7) is 4.85. The first kappa shape index (κ1) is 16.6. The molecule has 1 aliphatic heterocycles. The Balaban J connectivity index is 1.66. The quantitative estimate of drug-likeness (QED) is 0.859. The van der Waals surface area contributed by atoms with Crippen molar-refractivity contribution in [2.75, 3.05) is 13.1 Å². The summed E-state index contributed by atoms with van der Waals surface area (Å²) in [6.07, 6.45) is 1.99. The highest BCUT2D eigenvalue weighted by Crippen LogP contribution is 2.24. The van der Waals surface area contributed by atoms with E-state index in [9.17, 15) is 13.6 Å². The van der Waals surface area contributed by atoms with Crippen LogP contribution in [0.4, 0.5) is 8.78 Å². The fourth-order valence-corrected chi connectivity index (χ4v) is 3.19. The van der Waals surface area contributed by atoms with Crippen LogP contribution >= 0.6 is 0 Å². The van der Waals surface area contributed by atoms with E-state index < -0.39 is 11.6 Å². The number of carbonyl (C=O) groups is 1. The van der Waals surface area contributed by atoms with E-state index in [1.807, 2.05) is 6.92 Å². The second-order valence-corrected chi connectivity index (χ2v) is 6.26. The minimum absolute atomic E-state index is 0.160. The Kier molecular flexibility index (Phi) is 4.64. The third-order valence-electron chi connectivity index (χ3n) is 4.36. The van der Waals surface area contributed by atoms with Gasteiger partial charge in [-0.1, -0.05) is 6.92 Å². The molecule has 1 amide bonds. The molecule has 2 heterocycles. The van der Waals surface area contributed by atoms with E-state index in [2.05, 4.69) is 4.98 Å². The molecule has 1 aliphatic rings. The lowest BCUT2D eigenvalue weighted by Crippen LogP contribution is -2.29. The molecule has 0 N–H and O–H groups in total. The topological polar surface area (TPSA) is 46.3 Å². The second-order valence-electron chi connectivity index (χ2n) is 6.26. The Hall–Kier alpha value is -2.24. The minimum Gasteiger partial charge on any atom is -0.435 e. The van der Waals surface area contributed by atoms with Crippen molar-refractivity contribution in [2.45, 2.75) is 33.1 Å². The highest BCUT2D eigenvalue weighted by molar-refractivity contribution is 5.92. The maximum Gasteiger partial charge on any atom is 0.291 e. The molecule has 0 radical (unpaired) electrons. The molecule has 1 fully saturated rings.